The monoisotopic (exact) mass is 408 g/mol. The molecule has 0 saturated heterocycles. The predicted octanol–water partition coefficient (Wildman–Crippen LogP) is 3.68. The molecule has 0 unspecified atom stereocenters. The minimum absolute atomic E-state index is 0.198. The molecule has 10 heteroatoms. The number of hydrogen-bond donors (Lipinski definition) is 1. The molecule has 0 aliphatic rings. The van der Waals surface area contributed by atoms with Crippen LogP contribution in [0.15, 0.2) is 36.4 Å². The van der Waals surface area contributed by atoms with Gasteiger partial charge in [0.05, 0.1) is 22.0 Å². The van der Waals surface area contributed by atoms with Crippen LogP contribution in [-0.4, -0.2) is 27.1 Å². The lowest BCUT2D eigenvalue weighted by Crippen LogP contribution is -2.38. The Kier molecular flexibility index (Phi) is 5.87. The van der Waals surface area contributed by atoms with E-state index in [2.05, 4.69) is 5.32 Å². The number of nitrogens with one attached hydrogen (secondary N) is 1. The summed E-state index contributed by atoms with van der Waals surface area (Å²) >= 11 is 11.6. The highest BCUT2D eigenvalue weighted by atomic mass is 35.5. The van der Waals surface area contributed by atoms with Gasteiger partial charge in [-0.25, -0.2) is 17.2 Å². The molecular formula is C15H12Cl2F2N2O3S. The molecule has 0 aliphatic heterocycles. The number of hydrogen-bond acceptors (Lipinski definition) is 3. The summed E-state index contributed by atoms with van der Waals surface area (Å²) in [6.45, 7) is -0.707. The zero-order chi connectivity index (χ0) is 18.8. The van der Waals surface area contributed by atoms with Gasteiger partial charge in [-0.05, 0) is 30.3 Å². The van der Waals surface area contributed by atoms with E-state index in [1.165, 1.54) is 18.2 Å². The van der Waals surface area contributed by atoms with Crippen LogP contribution in [0, 0.1) is 11.6 Å². The average molecular weight is 409 g/mol. The van der Waals surface area contributed by atoms with Gasteiger partial charge in [-0.3, -0.25) is 9.10 Å². The second-order valence-electron chi connectivity index (χ2n) is 5.04. The molecule has 134 valence electrons. The Morgan fingerprint density at radius 3 is 2.36 bits per heavy atom. The van der Waals surface area contributed by atoms with Crippen molar-refractivity contribution in [3.63, 3.8) is 0 Å². The third-order valence-electron chi connectivity index (χ3n) is 3.07. The van der Waals surface area contributed by atoms with Crippen molar-refractivity contribution >= 4 is 50.5 Å². The SMILES string of the molecule is CS(=O)(=O)N(CC(=O)Nc1ccc(Cl)c(Cl)c1)c1ccc(F)cc1F. The molecule has 2 aromatic rings. The summed E-state index contributed by atoms with van der Waals surface area (Å²) in [6, 6.07) is 6.67. The van der Waals surface area contributed by atoms with Crippen molar-refractivity contribution in [3.8, 4) is 0 Å². The fourth-order valence-corrected chi connectivity index (χ4v) is 3.12. The van der Waals surface area contributed by atoms with E-state index < -0.39 is 39.8 Å². The van der Waals surface area contributed by atoms with E-state index in [4.69, 9.17) is 23.2 Å². The molecule has 0 heterocycles. The van der Waals surface area contributed by atoms with Crippen LogP contribution < -0.4 is 9.62 Å². The summed E-state index contributed by atoms with van der Waals surface area (Å²) < 4.78 is 51.3. The lowest BCUT2D eigenvalue weighted by molar-refractivity contribution is -0.114. The molecular weight excluding hydrogens is 397 g/mol. The third kappa shape index (κ3) is 5.04. The van der Waals surface area contributed by atoms with Crippen LogP contribution >= 0.6 is 23.2 Å². The molecule has 25 heavy (non-hydrogen) atoms. The highest BCUT2D eigenvalue weighted by Crippen LogP contribution is 2.26. The van der Waals surface area contributed by atoms with Crippen molar-refractivity contribution < 1.29 is 22.0 Å². The molecule has 2 rings (SSSR count). The number of sulfonamides is 1. The lowest BCUT2D eigenvalue weighted by atomic mass is 10.3. The van der Waals surface area contributed by atoms with E-state index in [0.717, 1.165) is 18.4 Å². The Bertz CT molecular complexity index is 923. The lowest BCUT2D eigenvalue weighted by Gasteiger charge is -2.22. The van der Waals surface area contributed by atoms with Crippen LogP contribution in [0.2, 0.25) is 10.0 Å². The van der Waals surface area contributed by atoms with E-state index in [-0.39, 0.29) is 15.7 Å². The largest absolute Gasteiger partial charge is 0.324 e. The predicted molar refractivity (Wildman–Crippen MR) is 93.6 cm³/mol. The van der Waals surface area contributed by atoms with Crippen molar-refractivity contribution in [2.24, 2.45) is 0 Å². The number of rotatable bonds is 5. The van der Waals surface area contributed by atoms with E-state index in [0.29, 0.717) is 10.4 Å². The fraction of sp³-hybridized carbons (Fsp3) is 0.133. The number of halogens is 4. The van der Waals surface area contributed by atoms with Gasteiger partial charge in [0, 0.05) is 11.8 Å². The first kappa shape index (κ1) is 19.4. The molecule has 0 aliphatic carbocycles. The van der Waals surface area contributed by atoms with E-state index in [9.17, 15) is 22.0 Å². The summed E-state index contributed by atoms with van der Waals surface area (Å²) in [7, 11) is -3.99. The molecule has 0 bridgehead atoms. The number of nitrogens with zero attached hydrogens (tertiary/aromatic N) is 1. The minimum Gasteiger partial charge on any atom is -0.324 e. The standard InChI is InChI=1S/C15H12Cl2F2N2O3S/c1-25(23,24)21(14-5-2-9(18)6-13(14)19)8-15(22)20-10-3-4-11(16)12(17)7-10/h2-7H,8H2,1H3,(H,20,22). The summed E-state index contributed by atoms with van der Waals surface area (Å²) in [5, 5.41) is 2.91. The van der Waals surface area contributed by atoms with Gasteiger partial charge < -0.3 is 5.32 Å². The highest BCUT2D eigenvalue weighted by molar-refractivity contribution is 7.92. The first-order valence-corrected chi connectivity index (χ1v) is 9.36. The van der Waals surface area contributed by atoms with Crippen LogP contribution in [0.3, 0.4) is 0 Å². The van der Waals surface area contributed by atoms with Crippen molar-refractivity contribution in [2.45, 2.75) is 0 Å². The maximum Gasteiger partial charge on any atom is 0.245 e. The molecule has 1 amide bonds. The van der Waals surface area contributed by atoms with Crippen LogP contribution in [0.5, 0.6) is 0 Å². The van der Waals surface area contributed by atoms with Crippen molar-refractivity contribution in [3.05, 3.63) is 58.1 Å². The van der Waals surface area contributed by atoms with Crippen LogP contribution in [0.25, 0.3) is 0 Å². The van der Waals surface area contributed by atoms with Gasteiger partial charge in [0.25, 0.3) is 0 Å². The number of benzene rings is 2. The van der Waals surface area contributed by atoms with Gasteiger partial charge in [-0.1, -0.05) is 23.2 Å². The molecule has 2 aromatic carbocycles. The minimum atomic E-state index is -3.99. The second kappa shape index (κ2) is 7.55. The van der Waals surface area contributed by atoms with Gasteiger partial charge in [-0.2, -0.15) is 0 Å². The summed E-state index contributed by atoms with van der Waals surface area (Å²) in [4.78, 5) is 12.1. The van der Waals surface area contributed by atoms with Crippen LogP contribution in [0.1, 0.15) is 0 Å². The van der Waals surface area contributed by atoms with Crippen LogP contribution in [-0.2, 0) is 14.8 Å². The Morgan fingerprint density at radius 2 is 1.80 bits per heavy atom. The maximum absolute atomic E-state index is 13.9. The number of amides is 1. The molecule has 0 fully saturated rings. The molecule has 5 nitrogen and oxygen atoms in total. The Morgan fingerprint density at radius 1 is 1.12 bits per heavy atom. The molecule has 0 spiro atoms. The Hall–Kier alpha value is -1.90. The van der Waals surface area contributed by atoms with Gasteiger partial charge in [0.2, 0.25) is 15.9 Å². The smallest absolute Gasteiger partial charge is 0.245 e. The normalized spacial score (nSPS) is 11.2. The molecule has 1 N–H and O–H groups in total. The van der Waals surface area contributed by atoms with Crippen molar-refractivity contribution in [1.82, 2.24) is 0 Å². The van der Waals surface area contributed by atoms with E-state index in [1.54, 1.807) is 0 Å². The summed E-state index contributed by atoms with van der Waals surface area (Å²) in [5.41, 5.74) is -0.152. The van der Waals surface area contributed by atoms with Crippen molar-refractivity contribution in [1.29, 1.82) is 0 Å². The first-order valence-electron chi connectivity index (χ1n) is 6.75. The number of anilines is 2. The Balaban J connectivity index is 2.25. The van der Waals surface area contributed by atoms with Gasteiger partial charge in [0.15, 0.2) is 0 Å². The van der Waals surface area contributed by atoms with Gasteiger partial charge >= 0.3 is 0 Å². The second-order valence-corrected chi connectivity index (χ2v) is 7.76. The quantitative estimate of drug-likeness (QED) is 0.820. The van der Waals surface area contributed by atoms with E-state index in [1.807, 2.05) is 0 Å². The molecule has 0 atom stereocenters. The molecule has 0 aromatic heterocycles. The zero-order valence-electron chi connectivity index (χ0n) is 12.8. The number of carbonyl (C=O) groups is 1. The zero-order valence-corrected chi connectivity index (χ0v) is 15.1. The summed E-state index contributed by atoms with van der Waals surface area (Å²) in [6.07, 6.45) is 0.808. The third-order valence-corrected chi connectivity index (χ3v) is 4.93. The Labute approximate surface area is 153 Å². The van der Waals surface area contributed by atoms with Crippen molar-refractivity contribution in [2.75, 3.05) is 22.4 Å². The topological polar surface area (TPSA) is 66.5 Å². The van der Waals surface area contributed by atoms with Crippen LogP contribution in [0.4, 0.5) is 20.2 Å². The molecule has 0 saturated carbocycles. The molecule has 0 radical (unpaired) electrons. The number of carbonyl (C=O) groups excluding carboxylic acids is 1. The van der Waals surface area contributed by atoms with Gasteiger partial charge in [-0.15, -0.1) is 0 Å². The fourth-order valence-electron chi connectivity index (χ4n) is 1.97. The highest BCUT2D eigenvalue weighted by Gasteiger charge is 2.24. The van der Waals surface area contributed by atoms with E-state index >= 15 is 0 Å². The first-order chi connectivity index (χ1) is 11.6. The summed E-state index contributed by atoms with van der Waals surface area (Å²) in [5.74, 6) is -2.71. The average Bonchev–Trinajstić information content (AvgIpc) is 2.48. The van der Waals surface area contributed by atoms with Gasteiger partial charge in [0.1, 0.15) is 18.2 Å². The maximum atomic E-state index is 13.9.